The Morgan fingerprint density at radius 2 is 2.13 bits per heavy atom. The van der Waals surface area contributed by atoms with Crippen LogP contribution in [0.3, 0.4) is 0 Å². The number of carbonyl (C=O) groups excluding carboxylic acids is 4. The molecule has 2 heterocycles. The van der Waals surface area contributed by atoms with E-state index in [0.29, 0.717) is 10.6 Å². The van der Waals surface area contributed by atoms with Gasteiger partial charge in [-0.2, -0.15) is 0 Å². The maximum absolute atomic E-state index is 12.4. The highest BCUT2D eigenvalue weighted by Gasteiger charge is 2.55. The number of Topliss-reactive ketones (excluding diaryl/α,β-unsaturated/α-hetero) is 1. The number of hydrogen-bond donors (Lipinski definition) is 4. The Hall–Kier alpha value is -3.08. The van der Waals surface area contributed by atoms with Crippen molar-refractivity contribution in [2.24, 2.45) is 5.73 Å². The number of aromatic nitrogens is 2. The number of H-pyrrole nitrogens is 1. The molecule has 2 rings (SSSR count). The van der Waals surface area contributed by atoms with Crippen molar-refractivity contribution in [1.82, 2.24) is 20.2 Å². The number of likely N-dealkylation sites (tertiary alicyclic amines) is 1. The second-order valence-corrected chi connectivity index (χ2v) is 4.72. The number of imidazole rings is 1. The van der Waals surface area contributed by atoms with Crippen molar-refractivity contribution in [3.63, 3.8) is 0 Å². The summed E-state index contributed by atoms with van der Waals surface area (Å²) in [7, 11) is 0. The molecule has 1 aromatic heterocycles. The van der Waals surface area contributed by atoms with Crippen molar-refractivity contribution in [2.75, 3.05) is 6.54 Å². The molecule has 1 aliphatic rings. The average Bonchev–Trinajstić information content (AvgIpc) is 3.02. The van der Waals surface area contributed by atoms with E-state index >= 15 is 0 Å². The van der Waals surface area contributed by atoms with Crippen molar-refractivity contribution >= 4 is 29.5 Å². The van der Waals surface area contributed by atoms with Crippen LogP contribution in [0.4, 0.5) is 0 Å². The van der Waals surface area contributed by atoms with Crippen LogP contribution in [0.15, 0.2) is 12.5 Å². The summed E-state index contributed by atoms with van der Waals surface area (Å²) in [4.78, 5) is 64.4. The molecule has 1 aliphatic heterocycles. The smallest absolute Gasteiger partial charge is 0.335 e. The van der Waals surface area contributed by atoms with E-state index < -0.39 is 48.1 Å². The van der Waals surface area contributed by atoms with Crippen LogP contribution in [0.2, 0.25) is 0 Å². The monoisotopic (exact) mass is 323 g/mol. The molecule has 23 heavy (non-hydrogen) atoms. The minimum absolute atomic E-state index is 0.0745. The van der Waals surface area contributed by atoms with E-state index in [0.717, 1.165) is 0 Å². The average molecular weight is 323 g/mol. The van der Waals surface area contributed by atoms with Crippen LogP contribution >= 0.6 is 0 Å². The Kier molecular flexibility index (Phi) is 4.50. The maximum atomic E-state index is 12.4. The second-order valence-electron chi connectivity index (χ2n) is 4.72. The zero-order chi connectivity index (χ0) is 17.1. The highest BCUT2D eigenvalue weighted by molar-refractivity contribution is 6.51. The van der Waals surface area contributed by atoms with Gasteiger partial charge in [-0.25, -0.2) is 9.78 Å². The number of imide groups is 1. The second kappa shape index (κ2) is 6.36. The maximum Gasteiger partial charge on any atom is 0.335 e. The fourth-order valence-electron chi connectivity index (χ4n) is 2.09. The highest BCUT2D eigenvalue weighted by atomic mass is 16.4. The van der Waals surface area contributed by atoms with Crippen LogP contribution in [-0.2, 0) is 30.4 Å². The summed E-state index contributed by atoms with van der Waals surface area (Å²) in [6.07, 6.45) is 2.67. The first-order valence-corrected chi connectivity index (χ1v) is 6.47. The van der Waals surface area contributed by atoms with Gasteiger partial charge in [0, 0.05) is 18.3 Å². The zero-order valence-electron chi connectivity index (χ0n) is 11.7. The van der Waals surface area contributed by atoms with Crippen LogP contribution in [0.5, 0.6) is 0 Å². The topological polar surface area (TPSA) is 176 Å². The van der Waals surface area contributed by atoms with Crippen molar-refractivity contribution in [3.05, 3.63) is 18.2 Å². The van der Waals surface area contributed by atoms with Gasteiger partial charge in [0.05, 0.1) is 12.9 Å². The van der Waals surface area contributed by atoms with E-state index in [-0.39, 0.29) is 6.42 Å². The molecule has 11 nitrogen and oxygen atoms in total. The predicted octanol–water partition coefficient (Wildman–Crippen LogP) is -3.21. The van der Waals surface area contributed by atoms with E-state index in [1.807, 2.05) is 0 Å². The molecule has 0 aromatic carbocycles. The Bertz CT molecular complexity index is 669. The summed E-state index contributed by atoms with van der Waals surface area (Å²) in [6, 6.07) is -3.13. The Morgan fingerprint density at radius 1 is 1.43 bits per heavy atom. The number of carbonyl (C=O) groups is 5. The minimum atomic E-state index is -1.87. The van der Waals surface area contributed by atoms with E-state index in [9.17, 15) is 24.0 Å². The number of aliphatic carboxylic acids is 1. The fraction of sp³-hybridized carbons (Fsp3) is 0.333. The van der Waals surface area contributed by atoms with Gasteiger partial charge in [-0.15, -0.1) is 0 Å². The third kappa shape index (κ3) is 3.08. The van der Waals surface area contributed by atoms with Crippen LogP contribution < -0.4 is 11.1 Å². The third-order valence-corrected chi connectivity index (χ3v) is 3.21. The molecule has 0 unspecified atom stereocenters. The molecule has 1 aromatic rings. The van der Waals surface area contributed by atoms with Gasteiger partial charge in [-0.3, -0.25) is 24.1 Å². The van der Waals surface area contributed by atoms with Crippen molar-refractivity contribution in [1.29, 1.82) is 0 Å². The number of ketones is 1. The van der Waals surface area contributed by atoms with Crippen LogP contribution in [-0.4, -0.2) is 68.1 Å². The molecule has 11 heteroatoms. The molecule has 1 saturated heterocycles. The molecule has 1 fully saturated rings. The number of nitrogens with two attached hydrogens (primary N) is 1. The van der Waals surface area contributed by atoms with Gasteiger partial charge in [0.25, 0.3) is 11.7 Å². The molecule has 3 amide bonds. The van der Waals surface area contributed by atoms with E-state index in [1.165, 1.54) is 12.5 Å². The molecular formula is C12H13N5O6. The number of nitrogens with zero attached hydrogens (tertiary/aromatic N) is 2. The lowest BCUT2D eigenvalue weighted by Crippen LogP contribution is -2.70. The molecule has 5 N–H and O–H groups in total. The van der Waals surface area contributed by atoms with Gasteiger partial charge < -0.3 is 21.1 Å². The quantitative estimate of drug-likeness (QED) is 0.240. The SMILES string of the molecule is NCC(=O)N[C@@H](Cc1cnc[nH]1)C(=O)N1C(=O)C(=O)[C@H]1C(=O)O. The summed E-state index contributed by atoms with van der Waals surface area (Å²) in [5, 5.41) is 11.2. The summed E-state index contributed by atoms with van der Waals surface area (Å²) < 4.78 is 0. The van der Waals surface area contributed by atoms with Crippen molar-refractivity contribution in [2.45, 2.75) is 18.5 Å². The first-order chi connectivity index (χ1) is 10.9. The minimum Gasteiger partial charge on any atom is -0.479 e. The first-order valence-electron chi connectivity index (χ1n) is 6.47. The van der Waals surface area contributed by atoms with Gasteiger partial charge in [0.15, 0.2) is 0 Å². The first kappa shape index (κ1) is 16.3. The fourth-order valence-corrected chi connectivity index (χ4v) is 2.09. The van der Waals surface area contributed by atoms with Crippen LogP contribution in [0.25, 0.3) is 0 Å². The van der Waals surface area contributed by atoms with Gasteiger partial charge >= 0.3 is 11.9 Å². The van der Waals surface area contributed by atoms with Crippen molar-refractivity contribution in [3.8, 4) is 0 Å². The third-order valence-electron chi connectivity index (χ3n) is 3.21. The van der Waals surface area contributed by atoms with Gasteiger partial charge in [-0.05, 0) is 0 Å². The largest absolute Gasteiger partial charge is 0.479 e. The number of carboxylic acid groups (broad SMARTS) is 1. The number of hydrogen-bond acceptors (Lipinski definition) is 7. The molecule has 122 valence electrons. The Balaban J connectivity index is 2.21. The highest BCUT2D eigenvalue weighted by Crippen LogP contribution is 2.18. The summed E-state index contributed by atoms with van der Waals surface area (Å²) in [5.74, 6) is -5.70. The lowest BCUT2D eigenvalue weighted by atomic mass is 9.97. The lowest BCUT2D eigenvalue weighted by molar-refractivity contribution is -0.175. The Labute approximate surface area is 128 Å². The standard InChI is InChI=1S/C12H13N5O6/c13-2-7(18)16-6(1-5-3-14-4-15-5)10(20)17-8(12(22)23)9(19)11(17)21/h3-4,6,8H,1-2,13H2,(H,14,15)(H,16,18)(H,22,23)/t6-,8-/m0/s1. The molecule has 0 radical (unpaired) electrons. The van der Waals surface area contributed by atoms with Gasteiger partial charge in [0.2, 0.25) is 11.9 Å². The molecule has 0 bridgehead atoms. The number of carboxylic acids is 1. The molecule has 0 aliphatic carbocycles. The normalized spacial score (nSPS) is 18.3. The Morgan fingerprint density at radius 3 is 2.65 bits per heavy atom. The lowest BCUT2D eigenvalue weighted by Gasteiger charge is -2.35. The van der Waals surface area contributed by atoms with Gasteiger partial charge in [0.1, 0.15) is 6.04 Å². The predicted molar refractivity (Wildman–Crippen MR) is 71.6 cm³/mol. The van der Waals surface area contributed by atoms with E-state index in [4.69, 9.17) is 10.8 Å². The van der Waals surface area contributed by atoms with E-state index in [1.54, 1.807) is 0 Å². The van der Waals surface area contributed by atoms with Gasteiger partial charge in [-0.1, -0.05) is 0 Å². The number of aromatic amines is 1. The summed E-state index contributed by atoms with van der Waals surface area (Å²) in [6.45, 7) is -0.401. The zero-order valence-corrected chi connectivity index (χ0v) is 11.7. The summed E-state index contributed by atoms with van der Waals surface area (Å²) in [5.41, 5.74) is 5.63. The number of nitrogens with one attached hydrogen (secondary N) is 2. The molecule has 2 atom stereocenters. The van der Waals surface area contributed by atoms with Crippen molar-refractivity contribution < 1.29 is 29.1 Å². The van der Waals surface area contributed by atoms with Crippen LogP contribution in [0.1, 0.15) is 5.69 Å². The van der Waals surface area contributed by atoms with Crippen LogP contribution in [0, 0.1) is 0 Å². The molecule has 0 saturated carbocycles. The number of amides is 3. The summed E-state index contributed by atoms with van der Waals surface area (Å²) >= 11 is 0. The molecule has 0 spiro atoms. The number of β-lactam (4-membered cyclic amide) rings is 1. The molecular weight excluding hydrogens is 310 g/mol. The number of rotatable bonds is 6. The van der Waals surface area contributed by atoms with E-state index in [2.05, 4.69) is 15.3 Å².